The molecule has 1 saturated heterocycles. The Morgan fingerprint density at radius 1 is 1.32 bits per heavy atom. The number of hydrogen-bond donors (Lipinski definition) is 1. The van der Waals surface area contributed by atoms with E-state index in [0.29, 0.717) is 24.4 Å². The van der Waals surface area contributed by atoms with E-state index in [0.717, 1.165) is 12.0 Å². The first-order valence-corrected chi connectivity index (χ1v) is 9.56. The van der Waals surface area contributed by atoms with Crippen LogP contribution in [0.15, 0.2) is 33.7 Å². The lowest BCUT2D eigenvalue weighted by molar-refractivity contribution is -0.114. The fourth-order valence-corrected chi connectivity index (χ4v) is 5.01. The van der Waals surface area contributed by atoms with Crippen LogP contribution in [0, 0.1) is 13.8 Å². The first-order chi connectivity index (χ1) is 11.8. The molecule has 1 aliphatic heterocycles. The highest BCUT2D eigenvalue weighted by Crippen LogP contribution is 2.38. The lowest BCUT2D eigenvalue weighted by atomic mass is 10.2. The van der Waals surface area contributed by atoms with Crippen LogP contribution in [0.25, 0.3) is 0 Å². The number of aryl methyl sites for hydroxylation is 2. The summed E-state index contributed by atoms with van der Waals surface area (Å²) in [5.41, 5.74) is 1.81. The maximum atomic E-state index is 13.3. The molecule has 7 nitrogen and oxygen atoms in total. The molecule has 1 aromatic carbocycles. The van der Waals surface area contributed by atoms with Crippen molar-refractivity contribution in [1.29, 1.82) is 0 Å². The fraction of sp³-hybridized carbons (Fsp3) is 0.412. The van der Waals surface area contributed by atoms with Crippen LogP contribution in [0.5, 0.6) is 0 Å². The van der Waals surface area contributed by atoms with Crippen LogP contribution < -0.4 is 5.32 Å². The second-order valence-corrected chi connectivity index (χ2v) is 8.18. The zero-order valence-corrected chi connectivity index (χ0v) is 15.3. The molecule has 1 amide bonds. The molecule has 134 valence electrons. The maximum Gasteiger partial charge on any atom is 0.245 e. The summed E-state index contributed by atoms with van der Waals surface area (Å²) in [4.78, 5) is 11.5. The average molecular weight is 363 g/mol. The van der Waals surface area contributed by atoms with Crippen LogP contribution in [-0.2, 0) is 14.8 Å². The molecule has 1 aromatic heterocycles. The molecule has 2 heterocycles. The third kappa shape index (κ3) is 3.45. The number of aromatic nitrogens is 1. The normalized spacial score (nSPS) is 18.4. The Labute approximate surface area is 147 Å². The van der Waals surface area contributed by atoms with Crippen LogP contribution in [0.2, 0.25) is 0 Å². The molecule has 3 rings (SSSR count). The second kappa shape index (κ2) is 6.61. The summed E-state index contributed by atoms with van der Waals surface area (Å²) in [6, 6.07) is 6.36. The molecule has 25 heavy (non-hydrogen) atoms. The van der Waals surface area contributed by atoms with Crippen molar-refractivity contribution in [3.05, 3.63) is 41.3 Å². The zero-order chi connectivity index (χ0) is 18.2. The van der Waals surface area contributed by atoms with Crippen LogP contribution in [0.4, 0.5) is 5.69 Å². The van der Waals surface area contributed by atoms with Crippen molar-refractivity contribution in [2.24, 2.45) is 0 Å². The van der Waals surface area contributed by atoms with E-state index in [9.17, 15) is 13.2 Å². The summed E-state index contributed by atoms with van der Waals surface area (Å²) in [6.45, 7) is 5.38. The molecule has 0 radical (unpaired) electrons. The Hall–Kier alpha value is -2.19. The van der Waals surface area contributed by atoms with Crippen molar-refractivity contribution >= 4 is 21.6 Å². The van der Waals surface area contributed by atoms with E-state index in [4.69, 9.17) is 4.52 Å². The molecule has 2 aromatic rings. The van der Waals surface area contributed by atoms with Crippen molar-refractivity contribution in [3.8, 4) is 0 Å². The topological polar surface area (TPSA) is 92.5 Å². The van der Waals surface area contributed by atoms with Gasteiger partial charge >= 0.3 is 0 Å². The molecule has 8 heteroatoms. The van der Waals surface area contributed by atoms with Gasteiger partial charge in [-0.25, -0.2) is 8.42 Å². The number of carbonyl (C=O) groups is 1. The van der Waals surface area contributed by atoms with Crippen LogP contribution >= 0.6 is 0 Å². The summed E-state index contributed by atoms with van der Waals surface area (Å²) < 4.78 is 33.3. The number of carbonyl (C=O) groups excluding carboxylic acids is 1. The number of nitrogens with zero attached hydrogens (tertiary/aromatic N) is 2. The number of amides is 1. The summed E-state index contributed by atoms with van der Waals surface area (Å²) in [5.74, 6) is 0.233. The number of sulfonamides is 1. The first kappa shape index (κ1) is 17.6. The Balaban J connectivity index is 2.04. The molecule has 1 fully saturated rings. The van der Waals surface area contributed by atoms with Crippen LogP contribution in [-0.4, -0.2) is 30.3 Å². The summed E-state index contributed by atoms with van der Waals surface area (Å²) in [6.07, 6.45) is 1.42. The Bertz CT molecular complexity index is 904. The van der Waals surface area contributed by atoms with Gasteiger partial charge in [-0.05, 0) is 44.4 Å². The van der Waals surface area contributed by atoms with Gasteiger partial charge in [0, 0.05) is 19.5 Å². The molecule has 1 aliphatic rings. The van der Waals surface area contributed by atoms with Gasteiger partial charge in [0.05, 0.1) is 17.4 Å². The lowest BCUT2D eigenvalue weighted by Crippen LogP contribution is -2.31. The highest BCUT2D eigenvalue weighted by molar-refractivity contribution is 7.89. The highest BCUT2D eigenvalue weighted by atomic mass is 32.2. The quantitative estimate of drug-likeness (QED) is 0.902. The van der Waals surface area contributed by atoms with E-state index in [2.05, 4.69) is 10.5 Å². The van der Waals surface area contributed by atoms with Crippen LogP contribution in [0.3, 0.4) is 0 Å². The van der Waals surface area contributed by atoms with Gasteiger partial charge in [-0.1, -0.05) is 11.2 Å². The average Bonchev–Trinajstić information content (AvgIpc) is 3.17. The highest BCUT2D eigenvalue weighted by Gasteiger charge is 2.39. The van der Waals surface area contributed by atoms with E-state index in [1.807, 2.05) is 6.92 Å². The number of nitrogens with one attached hydrogen (secondary N) is 1. The summed E-state index contributed by atoms with van der Waals surface area (Å²) >= 11 is 0. The van der Waals surface area contributed by atoms with Crippen LogP contribution in [0.1, 0.15) is 42.8 Å². The maximum absolute atomic E-state index is 13.3. The molecule has 1 unspecified atom stereocenters. The van der Waals surface area contributed by atoms with Gasteiger partial charge < -0.3 is 9.84 Å². The number of benzene rings is 1. The van der Waals surface area contributed by atoms with Gasteiger partial charge in [-0.3, -0.25) is 4.79 Å². The Morgan fingerprint density at radius 2 is 2.08 bits per heavy atom. The van der Waals surface area contributed by atoms with Gasteiger partial charge in [-0.2, -0.15) is 4.31 Å². The second-order valence-electron chi connectivity index (χ2n) is 6.33. The molecule has 1 N–H and O–H groups in total. The van der Waals surface area contributed by atoms with E-state index >= 15 is 0 Å². The fourth-order valence-electron chi connectivity index (χ4n) is 3.11. The Morgan fingerprint density at radius 3 is 2.72 bits per heavy atom. The van der Waals surface area contributed by atoms with E-state index in [1.165, 1.54) is 11.2 Å². The largest absolute Gasteiger partial charge is 0.359 e. The third-order valence-corrected chi connectivity index (χ3v) is 6.16. The van der Waals surface area contributed by atoms with Crippen molar-refractivity contribution in [2.45, 2.75) is 44.6 Å². The number of hydrogen-bond acceptors (Lipinski definition) is 5. The van der Waals surface area contributed by atoms with E-state index in [-0.39, 0.29) is 22.5 Å². The molecule has 0 bridgehead atoms. The minimum atomic E-state index is -3.79. The Kier molecular flexibility index (Phi) is 4.66. The molecule has 1 atom stereocenters. The van der Waals surface area contributed by atoms with Gasteiger partial charge in [0.25, 0.3) is 0 Å². The van der Waals surface area contributed by atoms with Crippen molar-refractivity contribution in [2.75, 3.05) is 11.9 Å². The third-order valence-electron chi connectivity index (χ3n) is 4.21. The predicted octanol–water partition coefficient (Wildman–Crippen LogP) is 2.78. The van der Waals surface area contributed by atoms with Gasteiger partial charge in [-0.15, -0.1) is 0 Å². The van der Waals surface area contributed by atoms with E-state index in [1.54, 1.807) is 31.2 Å². The standard InChI is InChI=1S/C17H21N3O4S/c1-11-6-7-14(18-13(3)21)17(9-11)25(22,23)20-8-4-5-15(20)16-10-12(2)19-24-16/h6-7,9-10,15H,4-5,8H2,1-3H3,(H,18,21). The molecular weight excluding hydrogens is 342 g/mol. The van der Waals surface area contributed by atoms with Crippen molar-refractivity contribution in [1.82, 2.24) is 9.46 Å². The van der Waals surface area contributed by atoms with Gasteiger partial charge in [0.1, 0.15) is 4.90 Å². The van der Waals surface area contributed by atoms with Crippen molar-refractivity contribution in [3.63, 3.8) is 0 Å². The minimum absolute atomic E-state index is 0.103. The van der Waals surface area contributed by atoms with Gasteiger partial charge in [0.15, 0.2) is 5.76 Å². The molecular formula is C17H21N3O4S. The summed E-state index contributed by atoms with van der Waals surface area (Å²) in [5, 5.41) is 6.48. The molecule has 0 saturated carbocycles. The summed E-state index contributed by atoms with van der Waals surface area (Å²) in [7, 11) is -3.79. The smallest absolute Gasteiger partial charge is 0.245 e. The monoisotopic (exact) mass is 363 g/mol. The lowest BCUT2D eigenvalue weighted by Gasteiger charge is -2.23. The van der Waals surface area contributed by atoms with Crippen molar-refractivity contribution < 1.29 is 17.7 Å². The zero-order valence-electron chi connectivity index (χ0n) is 14.4. The van der Waals surface area contributed by atoms with Gasteiger partial charge in [0.2, 0.25) is 15.9 Å². The number of anilines is 1. The van der Waals surface area contributed by atoms with E-state index < -0.39 is 10.0 Å². The minimum Gasteiger partial charge on any atom is -0.359 e. The first-order valence-electron chi connectivity index (χ1n) is 8.12. The molecule has 0 aliphatic carbocycles. The predicted molar refractivity (Wildman–Crippen MR) is 92.6 cm³/mol. The number of rotatable bonds is 4. The molecule has 0 spiro atoms. The SMILES string of the molecule is CC(=O)Nc1ccc(C)cc1S(=O)(=O)N1CCCC1c1cc(C)no1.